The lowest BCUT2D eigenvalue weighted by atomic mass is 9.89. The van der Waals surface area contributed by atoms with E-state index in [1.54, 1.807) is 4.90 Å². The second-order valence-corrected chi connectivity index (χ2v) is 5.99. The van der Waals surface area contributed by atoms with E-state index in [0.29, 0.717) is 13.0 Å². The minimum Gasteiger partial charge on any atom is -0.444 e. The molecule has 0 aromatic heterocycles. The van der Waals surface area contributed by atoms with Crippen LogP contribution in [0.25, 0.3) is 0 Å². The van der Waals surface area contributed by atoms with Crippen LogP contribution >= 0.6 is 0 Å². The number of carbonyl (C=O) groups is 1. The third-order valence-corrected chi connectivity index (χ3v) is 3.47. The van der Waals surface area contributed by atoms with Crippen LogP contribution in [0.5, 0.6) is 0 Å². The summed E-state index contributed by atoms with van der Waals surface area (Å²) in [6, 6.07) is -0.234. The number of aliphatic hydroxyl groups is 1. The molecule has 1 rings (SSSR count). The minimum atomic E-state index is -1.01. The number of rotatable bonds is 3. The predicted molar refractivity (Wildman–Crippen MR) is 70.3 cm³/mol. The Bertz CT molecular complexity index is 295. The van der Waals surface area contributed by atoms with Crippen molar-refractivity contribution >= 4 is 6.09 Å². The van der Waals surface area contributed by atoms with E-state index in [1.165, 1.54) is 0 Å². The fourth-order valence-electron chi connectivity index (χ4n) is 2.38. The molecule has 0 radical (unpaired) electrons. The zero-order valence-corrected chi connectivity index (χ0v) is 11.9. The van der Waals surface area contributed by atoms with Crippen LogP contribution in [0.3, 0.4) is 0 Å². The number of hydrogen-bond donors (Lipinski definition) is 2. The Morgan fingerprint density at radius 1 is 1.50 bits per heavy atom. The second-order valence-electron chi connectivity index (χ2n) is 5.99. The summed E-state index contributed by atoms with van der Waals surface area (Å²) >= 11 is 0. The second kappa shape index (κ2) is 5.45. The molecule has 1 aliphatic heterocycles. The first-order chi connectivity index (χ1) is 8.23. The van der Waals surface area contributed by atoms with Gasteiger partial charge in [-0.15, -0.1) is 0 Å². The van der Waals surface area contributed by atoms with Gasteiger partial charge >= 0.3 is 6.09 Å². The largest absolute Gasteiger partial charge is 0.444 e. The maximum absolute atomic E-state index is 12.1. The van der Waals surface area contributed by atoms with Gasteiger partial charge in [0.05, 0.1) is 11.6 Å². The molecule has 3 N–H and O–H groups in total. The number of nitrogens with two attached hydrogens (primary N) is 1. The first-order valence-corrected chi connectivity index (χ1v) is 6.65. The molecule has 5 heteroatoms. The lowest BCUT2D eigenvalue weighted by molar-refractivity contribution is -0.0408. The van der Waals surface area contributed by atoms with Crippen molar-refractivity contribution in [1.29, 1.82) is 0 Å². The first-order valence-electron chi connectivity index (χ1n) is 6.65. The van der Waals surface area contributed by atoms with E-state index in [0.717, 1.165) is 12.8 Å². The maximum atomic E-state index is 12.1. The quantitative estimate of drug-likeness (QED) is 0.804. The Kier molecular flexibility index (Phi) is 4.61. The van der Waals surface area contributed by atoms with Crippen LogP contribution in [0.15, 0.2) is 0 Å². The van der Waals surface area contributed by atoms with Crippen molar-refractivity contribution in [2.75, 3.05) is 13.1 Å². The molecule has 1 heterocycles. The maximum Gasteiger partial charge on any atom is 0.410 e. The summed E-state index contributed by atoms with van der Waals surface area (Å²) in [5.74, 6) is 0. The Morgan fingerprint density at radius 2 is 2.11 bits per heavy atom. The monoisotopic (exact) mass is 258 g/mol. The van der Waals surface area contributed by atoms with Crippen molar-refractivity contribution in [3.05, 3.63) is 0 Å². The van der Waals surface area contributed by atoms with Gasteiger partial charge in [0, 0.05) is 13.1 Å². The van der Waals surface area contributed by atoms with Crippen LogP contribution in [-0.4, -0.2) is 46.4 Å². The molecule has 0 aliphatic carbocycles. The highest BCUT2D eigenvalue weighted by Crippen LogP contribution is 2.30. The molecule has 1 amide bonds. The minimum absolute atomic E-state index is 0.160. The zero-order valence-electron chi connectivity index (χ0n) is 11.9. The summed E-state index contributed by atoms with van der Waals surface area (Å²) in [5.41, 5.74) is 4.14. The highest BCUT2D eigenvalue weighted by atomic mass is 16.6. The molecule has 106 valence electrons. The number of hydrogen-bond acceptors (Lipinski definition) is 4. The summed E-state index contributed by atoms with van der Waals surface area (Å²) < 4.78 is 5.37. The molecular formula is C13H26N2O3. The summed E-state index contributed by atoms with van der Waals surface area (Å²) in [6.45, 7) is 8.19. The average Bonchev–Trinajstić information content (AvgIpc) is 2.75. The van der Waals surface area contributed by atoms with Gasteiger partial charge in [-0.25, -0.2) is 4.79 Å². The normalized spacial score (nSPS) is 23.9. The van der Waals surface area contributed by atoms with E-state index in [4.69, 9.17) is 10.5 Å². The smallest absolute Gasteiger partial charge is 0.410 e. The van der Waals surface area contributed by atoms with Crippen LogP contribution in [-0.2, 0) is 4.74 Å². The van der Waals surface area contributed by atoms with Crippen molar-refractivity contribution in [2.45, 2.75) is 64.2 Å². The van der Waals surface area contributed by atoms with E-state index in [1.807, 2.05) is 27.7 Å². The molecular weight excluding hydrogens is 232 g/mol. The average molecular weight is 258 g/mol. The lowest BCUT2D eigenvalue weighted by Crippen LogP contribution is -2.56. The van der Waals surface area contributed by atoms with E-state index in [2.05, 4.69) is 0 Å². The highest BCUT2D eigenvalue weighted by Gasteiger charge is 2.43. The van der Waals surface area contributed by atoms with Gasteiger partial charge in [0.1, 0.15) is 5.60 Å². The summed E-state index contributed by atoms with van der Waals surface area (Å²) in [6.07, 6.45) is 1.84. The van der Waals surface area contributed by atoms with Gasteiger partial charge in [-0.05, 0) is 40.0 Å². The molecule has 0 spiro atoms. The number of likely N-dealkylation sites (tertiary alicyclic amines) is 1. The first kappa shape index (κ1) is 15.2. The van der Waals surface area contributed by atoms with Crippen LogP contribution in [0.1, 0.15) is 47.0 Å². The Labute approximate surface area is 109 Å². The number of nitrogens with zero attached hydrogens (tertiary/aromatic N) is 1. The molecule has 0 aromatic carbocycles. The van der Waals surface area contributed by atoms with Crippen molar-refractivity contribution in [1.82, 2.24) is 4.90 Å². The third kappa shape index (κ3) is 3.36. The summed E-state index contributed by atoms with van der Waals surface area (Å²) in [5, 5.41) is 10.5. The Morgan fingerprint density at radius 3 is 2.56 bits per heavy atom. The third-order valence-electron chi connectivity index (χ3n) is 3.47. The highest BCUT2D eigenvalue weighted by molar-refractivity contribution is 5.69. The van der Waals surface area contributed by atoms with Crippen molar-refractivity contribution in [3.8, 4) is 0 Å². The van der Waals surface area contributed by atoms with Gasteiger partial charge < -0.3 is 20.5 Å². The molecule has 2 atom stereocenters. The molecule has 0 bridgehead atoms. The molecule has 0 saturated carbocycles. The SMILES string of the molecule is CC[C@](O)(CN)[C@@H]1CCCN1C(=O)OC(C)(C)C. The number of amides is 1. The van der Waals surface area contributed by atoms with E-state index < -0.39 is 11.2 Å². The van der Waals surface area contributed by atoms with E-state index >= 15 is 0 Å². The van der Waals surface area contributed by atoms with Crippen molar-refractivity contribution in [3.63, 3.8) is 0 Å². The molecule has 18 heavy (non-hydrogen) atoms. The van der Waals surface area contributed by atoms with Crippen LogP contribution < -0.4 is 5.73 Å². The predicted octanol–water partition coefficient (Wildman–Crippen LogP) is 1.49. The fourth-order valence-corrected chi connectivity index (χ4v) is 2.38. The van der Waals surface area contributed by atoms with Crippen LogP contribution in [0.4, 0.5) is 4.79 Å². The van der Waals surface area contributed by atoms with Gasteiger partial charge in [-0.2, -0.15) is 0 Å². The molecule has 0 aromatic rings. The molecule has 1 aliphatic rings. The zero-order chi connectivity index (χ0) is 14.0. The van der Waals surface area contributed by atoms with Crippen molar-refractivity contribution < 1.29 is 14.6 Å². The van der Waals surface area contributed by atoms with Crippen LogP contribution in [0, 0.1) is 0 Å². The van der Waals surface area contributed by atoms with Gasteiger partial charge in [-0.3, -0.25) is 0 Å². The number of carbonyl (C=O) groups excluding carboxylic acids is 1. The van der Waals surface area contributed by atoms with Gasteiger partial charge in [0.25, 0.3) is 0 Å². The number of ether oxygens (including phenoxy) is 1. The summed E-state index contributed by atoms with van der Waals surface area (Å²) in [4.78, 5) is 13.7. The van der Waals surface area contributed by atoms with E-state index in [-0.39, 0.29) is 18.7 Å². The molecule has 0 unspecified atom stereocenters. The fraction of sp³-hybridized carbons (Fsp3) is 0.923. The van der Waals surface area contributed by atoms with Crippen LogP contribution in [0.2, 0.25) is 0 Å². The lowest BCUT2D eigenvalue weighted by Gasteiger charge is -2.38. The van der Waals surface area contributed by atoms with Gasteiger partial charge in [-0.1, -0.05) is 6.92 Å². The Hall–Kier alpha value is -0.810. The molecule has 1 fully saturated rings. The van der Waals surface area contributed by atoms with Crippen molar-refractivity contribution in [2.24, 2.45) is 5.73 Å². The van der Waals surface area contributed by atoms with Gasteiger partial charge in [0.15, 0.2) is 0 Å². The molecule has 5 nitrogen and oxygen atoms in total. The summed E-state index contributed by atoms with van der Waals surface area (Å²) in [7, 11) is 0. The topological polar surface area (TPSA) is 75.8 Å². The van der Waals surface area contributed by atoms with Gasteiger partial charge in [0.2, 0.25) is 0 Å². The van der Waals surface area contributed by atoms with E-state index in [9.17, 15) is 9.90 Å². The Balaban J connectivity index is 2.79. The molecule has 1 saturated heterocycles. The standard InChI is InChI=1S/C13H26N2O3/c1-5-13(17,9-14)10-7-6-8-15(10)11(16)18-12(2,3)4/h10,17H,5-9,14H2,1-4H3/t10-,13-/m0/s1.